The van der Waals surface area contributed by atoms with Crippen molar-refractivity contribution in [1.29, 1.82) is 0 Å². The van der Waals surface area contributed by atoms with Gasteiger partial charge >= 0.3 is 0 Å². The predicted octanol–water partition coefficient (Wildman–Crippen LogP) is 3.52. The van der Waals surface area contributed by atoms with E-state index >= 15 is 0 Å². The zero-order valence-electron chi connectivity index (χ0n) is 14.1. The average Bonchev–Trinajstić information content (AvgIpc) is 3.06. The Hall–Kier alpha value is -2.86. The van der Waals surface area contributed by atoms with Gasteiger partial charge in [-0.2, -0.15) is 0 Å². The molecule has 25 heavy (non-hydrogen) atoms. The maximum absolute atomic E-state index is 5.99. The summed E-state index contributed by atoms with van der Waals surface area (Å²) >= 11 is 0. The number of aromatic nitrogens is 3. The summed E-state index contributed by atoms with van der Waals surface area (Å²) in [5, 5.41) is 11.8. The van der Waals surface area contributed by atoms with Gasteiger partial charge in [-0.3, -0.25) is 0 Å². The zero-order chi connectivity index (χ0) is 17.1. The molecule has 0 fully saturated rings. The first-order valence-electron chi connectivity index (χ1n) is 8.36. The number of anilines is 1. The molecular weight excluding hydrogens is 316 g/mol. The summed E-state index contributed by atoms with van der Waals surface area (Å²) in [5.74, 6) is 3.48. The maximum atomic E-state index is 5.99. The lowest BCUT2D eigenvalue weighted by Gasteiger charge is -2.16. The van der Waals surface area contributed by atoms with Gasteiger partial charge in [0, 0.05) is 18.3 Å². The maximum Gasteiger partial charge on any atom is 0.159 e. The molecule has 1 aromatic heterocycles. The third-order valence-corrected chi connectivity index (χ3v) is 4.20. The highest BCUT2D eigenvalue weighted by Crippen LogP contribution is 2.26. The molecule has 0 atom stereocenters. The minimum Gasteiger partial charge on any atom is -0.457 e. The second-order valence-electron chi connectivity index (χ2n) is 5.99. The van der Waals surface area contributed by atoms with Gasteiger partial charge in [-0.1, -0.05) is 24.3 Å². The number of fused-ring (bicyclic) bond motifs is 1. The molecule has 2 heterocycles. The monoisotopic (exact) mass is 336 g/mol. The Balaban J connectivity index is 1.45. The van der Waals surface area contributed by atoms with E-state index in [-0.39, 0.29) is 0 Å². The molecule has 1 aliphatic heterocycles. The molecule has 6 nitrogen and oxygen atoms in total. The topological polar surface area (TPSA) is 61.2 Å². The molecule has 0 unspecified atom stereocenters. The number of nitrogens with zero attached hydrogens (tertiary/aromatic N) is 3. The Bertz CT molecular complexity index is 875. The lowest BCUT2D eigenvalue weighted by Crippen LogP contribution is -2.19. The van der Waals surface area contributed by atoms with E-state index in [0.29, 0.717) is 19.8 Å². The smallest absolute Gasteiger partial charge is 0.159 e. The van der Waals surface area contributed by atoms with E-state index in [1.54, 1.807) is 0 Å². The Labute approximate surface area is 146 Å². The standard InChI is InChI=1S/C19H20N4O2/c1-14-5-2-3-8-17(14)25-16-7-4-6-15(11-16)20-12-18-21-22-19-13-24-10-9-23(18)19/h2-8,11,20H,9-10,12-13H2,1H3. The highest BCUT2D eigenvalue weighted by molar-refractivity contribution is 5.49. The SMILES string of the molecule is Cc1ccccc1Oc1cccc(NCc2nnc3n2CCOC3)c1. The molecule has 2 aromatic carbocycles. The zero-order valence-corrected chi connectivity index (χ0v) is 14.1. The van der Waals surface area contributed by atoms with Crippen LogP contribution in [0.3, 0.4) is 0 Å². The van der Waals surface area contributed by atoms with Crippen molar-refractivity contribution in [2.75, 3.05) is 11.9 Å². The van der Waals surface area contributed by atoms with Crippen LogP contribution < -0.4 is 10.1 Å². The van der Waals surface area contributed by atoms with Gasteiger partial charge < -0.3 is 19.4 Å². The van der Waals surface area contributed by atoms with Crippen molar-refractivity contribution in [3.05, 3.63) is 65.7 Å². The van der Waals surface area contributed by atoms with Crippen molar-refractivity contribution in [3.8, 4) is 11.5 Å². The van der Waals surface area contributed by atoms with E-state index in [1.165, 1.54) is 0 Å². The molecule has 6 heteroatoms. The first-order valence-corrected chi connectivity index (χ1v) is 8.36. The van der Waals surface area contributed by atoms with Crippen LogP contribution >= 0.6 is 0 Å². The highest BCUT2D eigenvalue weighted by atomic mass is 16.5. The van der Waals surface area contributed by atoms with Crippen LogP contribution in [0.15, 0.2) is 48.5 Å². The first kappa shape index (κ1) is 15.7. The molecule has 0 saturated carbocycles. The van der Waals surface area contributed by atoms with Gasteiger partial charge in [0.1, 0.15) is 18.1 Å². The first-order chi connectivity index (χ1) is 12.3. The normalized spacial score (nSPS) is 13.3. The quantitative estimate of drug-likeness (QED) is 0.772. The van der Waals surface area contributed by atoms with Gasteiger partial charge in [0.25, 0.3) is 0 Å². The molecule has 128 valence electrons. The van der Waals surface area contributed by atoms with Crippen LogP contribution in [0, 0.1) is 6.92 Å². The molecular formula is C19H20N4O2. The van der Waals surface area contributed by atoms with Crippen LogP contribution in [0.4, 0.5) is 5.69 Å². The van der Waals surface area contributed by atoms with Gasteiger partial charge in [-0.15, -0.1) is 10.2 Å². The molecule has 0 aliphatic carbocycles. The van der Waals surface area contributed by atoms with Crippen molar-refractivity contribution in [1.82, 2.24) is 14.8 Å². The van der Waals surface area contributed by atoms with E-state index in [4.69, 9.17) is 9.47 Å². The predicted molar refractivity (Wildman–Crippen MR) is 94.7 cm³/mol. The fourth-order valence-electron chi connectivity index (χ4n) is 2.84. The summed E-state index contributed by atoms with van der Waals surface area (Å²) in [6, 6.07) is 15.9. The molecule has 0 spiro atoms. The molecule has 0 saturated heterocycles. The third-order valence-electron chi connectivity index (χ3n) is 4.20. The van der Waals surface area contributed by atoms with Gasteiger partial charge in [-0.05, 0) is 30.7 Å². The van der Waals surface area contributed by atoms with Crippen LogP contribution in [0.2, 0.25) is 0 Å². The van der Waals surface area contributed by atoms with E-state index in [1.807, 2.05) is 55.5 Å². The lowest BCUT2D eigenvalue weighted by atomic mass is 10.2. The van der Waals surface area contributed by atoms with Gasteiger partial charge in [0.05, 0.1) is 13.2 Å². The lowest BCUT2D eigenvalue weighted by molar-refractivity contribution is 0.0807. The Kier molecular flexibility index (Phi) is 4.35. The van der Waals surface area contributed by atoms with Gasteiger partial charge in [0.2, 0.25) is 0 Å². The summed E-state index contributed by atoms with van der Waals surface area (Å²) in [6.45, 7) is 4.69. The number of aryl methyl sites for hydroxylation is 1. The molecule has 1 aliphatic rings. The van der Waals surface area contributed by atoms with Gasteiger partial charge in [0.15, 0.2) is 11.6 Å². The van der Waals surface area contributed by atoms with Crippen molar-refractivity contribution in [3.63, 3.8) is 0 Å². The number of benzene rings is 2. The van der Waals surface area contributed by atoms with Crippen molar-refractivity contribution in [2.24, 2.45) is 0 Å². The highest BCUT2D eigenvalue weighted by Gasteiger charge is 2.15. The van der Waals surface area contributed by atoms with Crippen LogP contribution in [0.5, 0.6) is 11.5 Å². The summed E-state index contributed by atoms with van der Waals surface area (Å²) in [6.07, 6.45) is 0. The Morgan fingerprint density at radius 2 is 2.08 bits per heavy atom. The number of hydrogen-bond donors (Lipinski definition) is 1. The van der Waals surface area contributed by atoms with E-state index in [9.17, 15) is 0 Å². The fourth-order valence-corrected chi connectivity index (χ4v) is 2.84. The summed E-state index contributed by atoms with van der Waals surface area (Å²) in [4.78, 5) is 0. The third kappa shape index (κ3) is 3.49. The minimum absolute atomic E-state index is 0.534. The van der Waals surface area contributed by atoms with Gasteiger partial charge in [-0.25, -0.2) is 0 Å². The summed E-state index contributed by atoms with van der Waals surface area (Å²) in [7, 11) is 0. The van der Waals surface area contributed by atoms with Crippen molar-refractivity contribution >= 4 is 5.69 Å². The molecule has 0 radical (unpaired) electrons. The minimum atomic E-state index is 0.534. The van der Waals surface area contributed by atoms with Crippen LogP contribution in [-0.4, -0.2) is 21.4 Å². The molecule has 3 aromatic rings. The van der Waals surface area contributed by atoms with E-state index < -0.39 is 0 Å². The number of para-hydroxylation sites is 1. The number of hydrogen-bond acceptors (Lipinski definition) is 5. The van der Waals surface area contributed by atoms with Crippen LogP contribution in [-0.2, 0) is 24.4 Å². The van der Waals surface area contributed by atoms with E-state index in [0.717, 1.165) is 40.9 Å². The second-order valence-corrected chi connectivity index (χ2v) is 5.99. The molecule has 4 rings (SSSR count). The Morgan fingerprint density at radius 3 is 3.00 bits per heavy atom. The number of rotatable bonds is 5. The number of nitrogens with one attached hydrogen (secondary N) is 1. The van der Waals surface area contributed by atoms with Crippen LogP contribution in [0.1, 0.15) is 17.2 Å². The largest absolute Gasteiger partial charge is 0.457 e. The molecule has 1 N–H and O–H groups in total. The molecule has 0 bridgehead atoms. The average molecular weight is 336 g/mol. The van der Waals surface area contributed by atoms with Crippen LogP contribution in [0.25, 0.3) is 0 Å². The van der Waals surface area contributed by atoms with Crippen molar-refractivity contribution in [2.45, 2.75) is 26.6 Å². The second kappa shape index (κ2) is 6.94. The summed E-state index contributed by atoms with van der Waals surface area (Å²) < 4.78 is 13.5. The van der Waals surface area contributed by atoms with E-state index in [2.05, 4.69) is 20.1 Å². The summed E-state index contributed by atoms with van der Waals surface area (Å²) in [5.41, 5.74) is 2.09. The van der Waals surface area contributed by atoms with Crippen molar-refractivity contribution < 1.29 is 9.47 Å². The molecule has 0 amide bonds. The number of ether oxygens (including phenoxy) is 2. The fraction of sp³-hybridized carbons (Fsp3) is 0.263. The Morgan fingerprint density at radius 1 is 1.16 bits per heavy atom.